The van der Waals surface area contributed by atoms with Gasteiger partial charge >= 0.3 is 0 Å². The highest BCUT2D eigenvalue weighted by molar-refractivity contribution is 14.0. The van der Waals surface area contributed by atoms with Gasteiger partial charge in [-0.15, -0.1) is 35.3 Å². The summed E-state index contributed by atoms with van der Waals surface area (Å²) >= 11 is 1.67. The number of nitrogens with zero attached hydrogens (tertiary/aromatic N) is 2. The molecule has 1 aromatic heterocycles. The SMILES string of the molecule is CCNC(=NCc1cc(C#N)ccc1F)NC(C)c1cccs1.I. The van der Waals surface area contributed by atoms with Gasteiger partial charge in [0.2, 0.25) is 0 Å². The van der Waals surface area contributed by atoms with Gasteiger partial charge in [-0.05, 0) is 43.5 Å². The summed E-state index contributed by atoms with van der Waals surface area (Å²) in [6.45, 7) is 4.91. The van der Waals surface area contributed by atoms with Crippen LogP contribution in [0.2, 0.25) is 0 Å². The highest BCUT2D eigenvalue weighted by Gasteiger charge is 2.09. The number of hydrogen-bond acceptors (Lipinski definition) is 3. The van der Waals surface area contributed by atoms with Gasteiger partial charge in [0.15, 0.2) is 5.96 Å². The van der Waals surface area contributed by atoms with E-state index in [1.54, 1.807) is 11.3 Å². The van der Waals surface area contributed by atoms with E-state index >= 15 is 0 Å². The van der Waals surface area contributed by atoms with Crippen LogP contribution in [0.25, 0.3) is 0 Å². The molecule has 0 aliphatic heterocycles. The van der Waals surface area contributed by atoms with Crippen molar-refractivity contribution in [3.63, 3.8) is 0 Å². The Morgan fingerprint density at radius 3 is 2.83 bits per heavy atom. The molecule has 1 atom stereocenters. The summed E-state index contributed by atoms with van der Waals surface area (Å²) < 4.78 is 13.8. The molecule has 128 valence electrons. The molecule has 2 aromatic rings. The molecule has 24 heavy (non-hydrogen) atoms. The molecule has 2 N–H and O–H groups in total. The minimum Gasteiger partial charge on any atom is -0.357 e. The second-order valence-corrected chi connectivity index (χ2v) is 5.97. The van der Waals surface area contributed by atoms with Gasteiger partial charge < -0.3 is 10.6 Å². The number of nitrogens with one attached hydrogen (secondary N) is 2. The lowest BCUT2D eigenvalue weighted by Crippen LogP contribution is -2.38. The predicted octanol–water partition coefficient (Wildman–Crippen LogP) is 4.19. The first-order chi connectivity index (χ1) is 11.1. The van der Waals surface area contributed by atoms with Gasteiger partial charge in [-0.2, -0.15) is 5.26 Å². The minimum absolute atomic E-state index is 0. The number of hydrogen-bond donors (Lipinski definition) is 2. The number of rotatable bonds is 5. The summed E-state index contributed by atoms with van der Waals surface area (Å²) in [6.07, 6.45) is 0. The molecule has 0 fully saturated rings. The van der Waals surface area contributed by atoms with Crippen LogP contribution in [0.4, 0.5) is 4.39 Å². The number of aliphatic imine (C=N–C) groups is 1. The number of benzene rings is 1. The standard InChI is InChI=1S/C17H19FN4S.HI/c1-3-20-17(22-12(2)16-5-4-8-23-16)21-11-14-9-13(10-19)6-7-15(14)18;/h4-9,12H,3,11H2,1-2H3,(H2,20,21,22);1H. The predicted molar refractivity (Wildman–Crippen MR) is 107 cm³/mol. The van der Waals surface area contributed by atoms with E-state index in [2.05, 4.69) is 28.6 Å². The summed E-state index contributed by atoms with van der Waals surface area (Å²) in [5.74, 6) is 0.269. The van der Waals surface area contributed by atoms with Crippen molar-refractivity contribution in [2.45, 2.75) is 26.4 Å². The number of thiophene rings is 1. The van der Waals surface area contributed by atoms with Gasteiger partial charge in [-0.25, -0.2) is 9.38 Å². The largest absolute Gasteiger partial charge is 0.357 e. The second-order valence-electron chi connectivity index (χ2n) is 4.99. The van der Waals surface area contributed by atoms with Crippen molar-refractivity contribution >= 4 is 41.3 Å². The zero-order valence-electron chi connectivity index (χ0n) is 13.5. The Balaban J connectivity index is 0.00000288. The zero-order chi connectivity index (χ0) is 16.7. The van der Waals surface area contributed by atoms with Gasteiger partial charge in [-0.3, -0.25) is 0 Å². The van der Waals surface area contributed by atoms with Gasteiger partial charge in [0.25, 0.3) is 0 Å². The molecule has 0 saturated heterocycles. The zero-order valence-corrected chi connectivity index (χ0v) is 16.7. The quantitative estimate of drug-likeness (QED) is 0.401. The summed E-state index contributed by atoms with van der Waals surface area (Å²) in [6, 6.07) is 10.5. The van der Waals surface area contributed by atoms with Crippen LogP contribution < -0.4 is 10.6 Å². The first-order valence-electron chi connectivity index (χ1n) is 7.40. The monoisotopic (exact) mass is 458 g/mol. The molecular weight excluding hydrogens is 438 g/mol. The van der Waals surface area contributed by atoms with E-state index in [1.807, 2.05) is 24.4 Å². The molecule has 2 rings (SSSR count). The lowest BCUT2D eigenvalue weighted by Gasteiger charge is -2.16. The lowest BCUT2D eigenvalue weighted by atomic mass is 10.1. The normalized spacial score (nSPS) is 12.0. The topological polar surface area (TPSA) is 60.2 Å². The molecule has 1 heterocycles. The van der Waals surface area contributed by atoms with Crippen molar-refractivity contribution in [3.8, 4) is 6.07 Å². The van der Waals surface area contributed by atoms with Gasteiger partial charge in [-0.1, -0.05) is 6.07 Å². The Morgan fingerprint density at radius 2 is 2.21 bits per heavy atom. The van der Waals surface area contributed by atoms with Crippen LogP contribution in [0.1, 0.15) is 35.9 Å². The van der Waals surface area contributed by atoms with Gasteiger partial charge in [0.05, 0.1) is 24.2 Å². The summed E-state index contributed by atoms with van der Waals surface area (Å²) in [5, 5.41) is 17.4. The Hall–Kier alpha value is -1.66. The molecule has 0 aliphatic rings. The maximum absolute atomic E-state index is 13.8. The van der Waals surface area contributed by atoms with Crippen LogP contribution in [0, 0.1) is 17.1 Å². The molecule has 7 heteroatoms. The molecule has 1 aromatic carbocycles. The molecule has 4 nitrogen and oxygen atoms in total. The van der Waals surface area contributed by atoms with Crippen LogP contribution in [0.3, 0.4) is 0 Å². The third-order valence-corrected chi connectivity index (χ3v) is 4.30. The van der Waals surface area contributed by atoms with Crippen LogP contribution in [0.15, 0.2) is 40.7 Å². The third-order valence-electron chi connectivity index (χ3n) is 3.25. The Morgan fingerprint density at radius 1 is 1.42 bits per heavy atom. The van der Waals surface area contributed by atoms with Crippen LogP contribution in [-0.2, 0) is 6.54 Å². The third kappa shape index (κ3) is 5.76. The van der Waals surface area contributed by atoms with E-state index in [0.717, 1.165) is 0 Å². The fourth-order valence-corrected chi connectivity index (χ4v) is 2.80. The van der Waals surface area contributed by atoms with E-state index in [9.17, 15) is 4.39 Å². The summed E-state index contributed by atoms with van der Waals surface area (Å²) in [7, 11) is 0. The van der Waals surface area contributed by atoms with Crippen molar-refractivity contribution < 1.29 is 4.39 Å². The molecule has 0 saturated carbocycles. The van der Waals surface area contributed by atoms with Gasteiger partial charge in [0, 0.05) is 17.0 Å². The van der Waals surface area contributed by atoms with Gasteiger partial charge in [0.1, 0.15) is 5.82 Å². The molecule has 0 amide bonds. The van der Waals surface area contributed by atoms with E-state index in [4.69, 9.17) is 5.26 Å². The Labute approximate surface area is 162 Å². The van der Waals surface area contributed by atoms with Crippen molar-refractivity contribution in [2.24, 2.45) is 4.99 Å². The molecule has 0 bridgehead atoms. The van der Waals surface area contributed by atoms with Crippen LogP contribution in [0.5, 0.6) is 0 Å². The van der Waals surface area contributed by atoms with Crippen molar-refractivity contribution in [1.29, 1.82) is 5.26 Å². The van der Waals surface area contributed by atoms with Crippen molar-refractivity contribution in [1.82, 2.24) is 10.6 Å². The first kappa shape index (κ1) is 20.4. The van der Waals surface area contributed by atoms with E-state index in [1.165, 1.54) is 23.1 Å². The summed E-state index contributed by atoms with van der Waals surface area (Å²) in [5.41, 5.74) is 0.839. The highest BCUT2D eigenvalue weighted by Crippen LogP contribution is 2.18. The Kier molecular flexibility index (Phi) is 8.71. The highest BCUT2D eigenvalue weighted by atomic mass is 127. The molecule has 0 aliphatic carbocycles. The number of guanidine groups is 1. The first-order valence-corrected chi connectivity index (χ1v) is 8.28. The van der Waals surface area contributed by atoms with Crippen molar-refractivity contribution in [3.05, 3.63) is 57.5 Å². The number of nitriles is 1. The molecule has 1 unspecified atom stereocenters. The van der Waals surface area contributed by atoms with E-state index < -0.39 is 0 Å². The molecule has 0 radical (unpaired) electrons. The molecule has 0 spiro atoms. The summed E-state index contributed by atoms with van der Waals surface area (Å²) in [4.78, 5) is 5.62. The fraction of sp³-hybridized carbons (Fsp3) is 0.294. The maximum atomic E-state index is 13.8. The average Bonchev–Trinajstić information content (AvgIpc) is 3.08. The smallest absolute Gasteiger partial charge is 0.192 e. The van der Waals surface area contributed by atoms with Crippen LogP contribution in [-0.4, -0.2) is 12.5 Å². The average molecular weight is 458 g/mol. The number of halogens is 2. The van der Waals surface area contributed by atoms with E-state index in [0.29, 0.717) is 23.6 Å². The van der Waals surface area contributed by atoms with Crippen LogP contribution >= 0.6 is 35.3 Å². The fourth-order valence-electron chi connectivity index (χ4n) is 2.06. The lowest BCUT2D eigenvalue weighted by molar-refractivity contribution is 0.609. The maximum Gasteiger partial charge on any atom is 0.192 e. The molecular formula is C17H20FIN4S. The second kappa shape index (κ2) is 10.3. The Bertz CT molecular complexity index is 710. The van der Waals surface area contributed by atoms with E-state index in [-0.39, 0.29) is 42.4 Å². The minimum atomic E-state index is -0.352. The van der Waals surface area contributed by atoms with Crippen molar-refractivity contribution in [2.75, 3.05) is 6.54 Å².